The first-order valence-corrected chi connectivity index (χ1v) is 20.3. The largest absolute Gasteiger partial charge is 0.300 e. The lowest BCUT2D eigenvalue weighted by atomic mass is 9.80. The minimum Gasteiger partial charge on any atom is -0.300 e. The summed E-state index contributed by atoms with van der Waals surface area (Å²) in [4.78, 5) is 5.09. The SMILES string of the molecule is CC1(C)c2ccc(-c3ccc(-c4ccc(C=N/C(=C\C(=N)c5ccccc5)c5ccc(-c6ccccc6)cc5)c5ccccc45)cc3)cc2-c2ccc3ccccc3c21. The average molecular weight is 755 g/mol. The molecule has 2 heteroatoms. The Labute approximate surface area is 346 Å². The predicted octanol–water partition coefficient (Wildman–Crippen LogP) is 14.8. The second-order valence-corrected chi connectivity index (χ2v) is 15.9. The molecule has 9 aromatic rings. The molecule has 1 aliphatic carbocycles. The highest BCUT2D eigenvalue weighted by molar-refractivity contribution is 6.12. The molecule has 1 N–H and O–H groups in total. The van der Waals surface area contributed by atoms with Gasteiger partial charge in [0.1, 0.15) is 0 Å². The summed E-state index contributed by atoms with van der Waals surface area (Å²) in [6.07, 6.45) is 3.81. The van der Waals surface area contributed by atoms with Crippen LogP contribution in [0, 0.1) is 5.41 Å². The highest BCUT2D eigenvalue weighted by Crippen LogP contribution is 2.52. The van der Waals surface area contributed by atoms with Crippen LogP contribution in [0.15, 0.2) is 211 Å². The maximum Gasteiger partial charge on any atom is 0.0723 e. The normalized spacial score (nSPS) is 13.2. The van der Waals surface area contributed by atoms with Gasteiger partial charge in [0.25, 0.3) is 0 Å². The summed E-state index contributed by atoms with van der Waals surface area (Å²) < 4.78 is 0. The molecule has 1 aliphatic rings. The van der Waals surface area contributed by atoms with E-state index in [1.54, 1.807) is 0 Å². The summed E-state index contributed by atoms with van der Waals surface area (Å²) in [5, 5.41) is 13.9. The maximum atomic E-state index is 8.95. The molecule has 0 aromatic heterocycles. The van der Waals surface area contributed by atoms with E-state index in [2.05, 4.69) is 178 Å². The molecule has 59 heavy (non-hydrogen) atoms. The second-order valence-electron chi connectivity index (χ2n) is 15.9. The van der Waals surface area contributed by atoms with Crippen molar-refractivity contribution in [3.8, 4) is 44.5 Å². The molecule has 2 nitrogen and oxygen atoms in total. The zero-order chi connectivity index (χ0) is 39.9. The van der Waals surface area contributed by atoms with E-state index in [4.69, 9.17) is 10.4 Å². The summed E-state index contributed by atoms with van der Waals surface area (Å²) in [5.41, 5.74) is 16.5. The molecule has 0 radical (unpaired) electrons. The number of hydrogen-bond acceptors (Lipinski definition) is 2. The molecule has 10 rings (SSSR count). The number of hydrogen-bond donors (Lipinski definition) is 1. The lowest BCUT2D eigenvalue weighted by Gasteiger charge is -2.23. The number of allylic oxidation sites excluding steroid dienone is 1. The van der Waals surface area contributed by atoms with Crippen LogP contribution >= 0.6 is 0 Å². The van der Waals surface area contributed by atoms with Gasteiger partial charge >= 0.3 is 0 Å². The Morgan fingerprint density at radius 2 is 1.03 bits per heavy atom. The van der Waals surface area contributed by atoms with Gasteiger partial charge in [0.2, 0.25) is 0 Å². The molecule has 0 amide bonds. The van der Waals surface area contributed by atoms with E-state index in [0.717, 1.165) is 33.3 Å². The van der Waals surface area contributed by atoms with Gasteiger partial charge in [-0.2, -0.15) is 0 Å². The molecule has 0 bridgehead atoms. The molecule has 0 unspecified atom stereocenters. The molecule has 0 heterocycles. The summed E-state index contributed by atoms with van der Waals surface area (Å²) in [5.74, 6) is 0. The van der Waals surface area contributed by atoms with E-state index in [9.17, 15) is 0 Å². The van der Waals surface area contributed by atoms with Crippen molar-refractivity contribution >= 4 is 39.2 Å². The van der Waals surface area contributed by atoms with Crippen molar-refractivity contribution in [2.75, 3.05) is 0 Å². The fourth-order valence-electron chi connectivity index (χ4n) is 8.96. The Morgan fingerprint density at radius 1 is 0.458 bits per heavy atom. The van der Waals surface area contributed by atoms with Gasteiger partial charge in [0.05, 0.1) is 11.4 Å². The molecular weight excluding hydrogens is 713 g/mol. The number of nitrogens with one attached hydrogen (secondary N) is 1. The Morgan fingerprint density at radius 3 is 1.80 bits per heavy atom. The van der Waals surface area contributed by atoms with E-state index in [1.807, 2.05) is 48.7 Å². The minimum atomic E-state index is -0.0665. The summed E-state index contributed by atoms with van der Waals surface area (Å²) >= 11 is 0. The van der Waals surface area contributed by atoms with Crippen molar-refractivity contribution in [2.24, 2.45) is 4.99 Å². The highest BCUT2D eigenvalue weighted by Gasteiger charge is 2.36. The van der Waals surface area contributed by atoms with Gasteiger partial charge in [-0.05, 0) is 94.9 Å². The Kier molecular flexibility index (Phi) is 9.03. The van der Waals surface area contributed by atoms with Gasteiger partial charge in [-0.15, -0.1) is 0 Å². The van der Waals surface area contributed by atoms with Gasteiger partial charge in [0, 0.05) is 22.8 Å². The molecule has 0 spiro atoms. The number of benzene rings is 9. The topological polar surface area (TPSA) is 36.2 Å². The zero-order valence-corrected chi connectivity index (χ0v) is 33.2. The van der Waals surface area contributed by atoms with Gasteiger partial charge in [0.15, 0.2) is 0 Å². The predicted molar refractivity (Wildman–Crippen MR) is 251 cm³/mol. The summed E-state index contributed by atoms with van der Waals surface area (Å²) in [6, 6.07) is 71.0. The molecule has 0 atom stereocenters. The van der Waals surface area contributed by atoms with Crippen molar-refractivity contribution in [3.05, 3.63) is 234 Å². The minimum absolute atomic E-state index is 0.0665. The fourth-order valence-corrected chi connectivity index (χ4v) is 8.96. The Bertz CT molecular complexity index is 3100. The van der Waals surface area contributed by atoms with Gasteiger partial charge in [-0.3, -0.25) is 4.99 Å². The lowest BCUT2D eigenvalue weighted by Crippen LogP contribution is -2.15. The van der Waals surface area contributed by atoms with Crippen LogP contribution in [0.4, 0.5) is 0 Å². The van der Waals surface area contributed by atoms with Crippen molar-refractivity contribution in [1.29, 1.82) is 5.41 Å². The zero-order valence-electron chi connectivity index (χ0n) is 33.2. The lowest BCUT2D eigenvalue weighted by molar-refractivity contribution is 0.666. The van der Waals surface area contributed by atoms with Crippen LogP contribution in [0.3, 0.4) is 0 Å². The Balaban J connectivity index is 0.971. The first kappa shape index (κ1) is 36.0. The van der Waals surface area contributed by atoms with Gasteiger partial charge < -0.3 is 5.41 Å². The monoisotopic (exact) mass is 754 g/mol. The van der Waals surface area contributed by atoms with E-state index in [1.165, 1.54) is 66.2 Å². The van der Waals surface area contributed by atoms with Crippen LogP contribution in [0.1, 0.15) is 41.7 Å². The molecule has 0 aliphatic heterocycles. The van der Waals surface area contributed by atoms with E-state index in [-0.39, 0.29) is 5.41 Å². The summed E-state index contributed by atoms with van der Waals surface area (Å²) in [7, 11) is 0. The third-order valence-electron chi connectivity index (χ3n) is 12.0. The van der Waals surface area contributed by atoms with Crippen LogP contribution < -0.4 is 0 Å². The number of nitrogens with zero attached hydrogens (tertiary/aromatic N) is 1. The number of rotatable bonds is 8. The maximum absolute atomic E-state index is 8.95. The fraction of sp³-hybridized carbons (Fsp3) is 0.0526. The molecular formula is C57H42N2. The van der Waals surface area contributed by atoms with E-state index >= 15 is 0 Å². The van der Waals surface area contributed by atoms with Gasteiger partial charge in [-0.1, -0.05) is 208 Å². The first-order valence-electron chi connectivity index (χ1n) is 20.3. The molecule has 9 aromatic carbocycles. The van der Waals surface area contributed by atoms with E-state index in [0.29, 0.717) is 5.71 Å². The van der Waals surface area contributed by atoms with Crippen LogP contribution in [0.2, 0.25) is 0 Å². The van der Waals surface area contributed by atoms with E-state index < -0.39 is 0 Å². The van der Waals surface area contributed by atoms with Crippen molar-refractivity contribution < 1.29 is 0 Å². The smallest absolute Gasteiger partial charge is 0.0723 e. The molecule has 280 valence electrons. The average Bonchev–Trinajstić information content (AvgIpc) is 3.53. The van der Waals surface area contributed by atoms with Gasteiger partial charge in [-0.25, -0.2) is 0 Å². The molecule has 0 saturated carbocycles. The summed E-state index contributed by atoms with van der Waals surface area (Å²) in [6.45, 7) is 4.72. The quantitative estimate of drug-likeness (QED) is 0.150. The molecule has 0 saturated heterocycles. The highest BCUT2D eigenvalue weighted by atomic mass is 14.7. The number of fused-ring (bicyclic) bond motifs is 6. The van der Waals surface area contributed by atoms with Crippen LogP contribution in [-0.4, -0.2) is 11.9 Å². The third kappa shape index (κ3) is 6.59. The Hall–Kier alpha value is -7.42. The molecule has 0 fully saturated rings. The van der Waals surface area contributed by atoms with Crippen LogP contribution in [-0.2, 0) is 5.41 Å². The number of aliphatic imine (C=N–C) groups is 1. The van der Waals surface area contributed by atoms with Crippen molar-refractivity contribution in [3.63, 3.8) is 0 Å². The first-order chi connectivity index (χ1) is 28.9. The standard InChI is InChI=1S/C57H42N2/c1-57(2)53-34-31-45(35-52(53)51-33-29-41-15-9-10-19-49(41)56(51)57)40-21-25-42(26-22-40)48-32-30-46(47-18-11-12-20-50(47)48)37-59-55(36-54(58)43-16-7-4-8-17-43)44-27-23-39(24-28-44)38-13-5-3-6-14-38/h3-37,58H,1-2H3/b55-36-,58-54?,59-37?. The van der Waals surface area contributed by atoms with Crippen LogP contribution in [0.25, 0.3) is 71.7 Å². The van der Waals surface area contributed by atoms with Crippen LogP contribution in [0.5, 0.6) is 0 Å². The van der Waals surface area contributed by atoms with Crippen molar-refractivity contribution in [1.82, 2.24) is 0 Å². The second kappa shape index (κ2) is 14.8. The van der Waals surface area contributed by atoms with Crippen molar-refractivity contribution in [2.45, 2.75) is 19.3 Å². The third-order valence-corrected chi connectivity index (χ3v) is 12.0.